The predicted octanol–water partition coefficient (Wildman–Crippen LogP) is 1.52. The summed E-state index contributed by atoms with van der Waals surface area (Å²) >= 11 is 0. The van der Waals surface area contributed by atoms with Gasteiger partial charge in [0.05, 0.1) is 12.4 Å². The van der Waals surface area contributed by atoms with Crippen LogP contribution in [0.5, 0.6) is 0 Å². The minimum absolute atomic E-state index is 0.0261. The molecule has 5 nitrogen and oxygen atoms in total. The molecule has 1 fully saturated rings. The highest BCUT2D eigenvalue weighted by atomic mass is 16.1. The summed E-state index contributed by atoms with van der Waals surface area (Å²) < 4.78 is 1.48. The fraction of sp³-hybridized carbons (Fsp3) is 0.357. The zero-order valence-corrected chi connectivity index (χ0v) is 10.9. The molecule has 1 aliphatic rings. The number of hydrogen-bond donors (Lipinski definition) is 0. The highest BCUT2D eigenvalue weighted by molar-refractivity contribution is 5.42. The average molecular weight is 256 g/mol. The largest absolute Gasteiger partial charge is 0.349 e. The third kappa shape index (κ3) is 2.23. The molecule has 2 aromatic heterocycles. The monoisotopic (exact) mass is 256 g/mol. The molecule has 5 heteroatoms. The SMILES string of the molecule is Cn1cnc(N2CCCC2c2cccnc2)cc1=O. The standard InChI is InChI=1S/C14H16N4O/c1-17-10-16-13(8-14(17)19)18-7-3-5-12(18)11-4-2-6-15-9-11/h2,4,6,8-10,12H,3,5,7H2,1H3. The maximum atomic E-state index is 11.7. The molecule has 1 aliphatic heterocycles. The van der Waals surface area contributed by atoms with Crippen molar-refractivity contribution in [3.05, 3.63) is 52.8 Å². The first kappa shape index (κ1) is 11.9. The van der Waals surface area contributed by atoms with Crippen LogP contribution in [0.15, 0.2) is 41.7 Å². The normalized spacial score (nSPS) is 18.8. The molecule has 1 atom stereocenters. The first-order chi connectivity index (χ1) is 9.25. The summed E-state index contributed by atoms with van der Waals surface area (Å²) in [6, 6.07) is 5.91. The fourth-order valence-corrected chi connectivity index (χ4v) is 2.57. The Morgan fingerprint density at radius 1 is 1.42 bits per heavy atom. The van der Waals surface area contributed by atoms with Crippen LogP contribution in [-0.4, -0.2) is 21.1 Å². The van der Waals surface area contributed by atoms with Crippen molar-refractivity contribution in [1.82, 2.24) is 14.5 Å². The van der Waals surface area contributed by atoms with E-state index in [1.54, 1.807) is 25.6 Å². The Hall–Kier alpha value is -2.17. The number of hydrogen-bond acceptors (Lipinski definition) is 4. The number of aryl methyl sites for hydroxylation is 1. The van der Waals surface area contributed by atoms with Crippen LogP contribution in [0.3, 0.4) is 0 Å². The Balaban J connectivity index is 1.95. The van der Waals surface area contributed by atoms with Crippen molar-refractivity contribution in [3.8, 4) is 0 Å². The minimum Gasteiger partial charge on any atom is -0.349 e. The molecule has 0 aliphatic carbocycles. The molecule has 2 aromatic rings. The van der Waals surface area contributed by atoms with E-state index in [1.807, 2.05) is 12.3 Å². The third-order valence-corrected chi connectivity index (χ3v) is 3.58. The summed E-state index contributed by atoms with van der Waals surface area (Å²) in [4.78, 5) is 22.5. The number of nitrogens with zero attached hydrogens (tertiary/aromatic N) is 4. The molecule has 98 valence electrons. The molecule has 1 saturated heterocycles. The van der Waals surface area contributed by atoms with Gasteiger partial charge in [0.25, 0.3) is 5.56 Å². The highest BCUT2D eigenvalue weighted by Gasteiger charge is 2.27. The van der Waals surface area contributed by atoms with Gasteiger partial charge in [-0.05, 0) is 24.5 Å². The number of aromatic nitrogens is 3. The molecule has 0 spiro atoms. The molecular weight excluding hydrogens is 240 g/mol. The van der Waals surface area contributed by atoms with Crippen LogP contribution < -0.4 is 10.5 Å². The van der Waals surface area contributed by atoms with E-state index >= 15 is 0 Å². The van der Waals surface area contributed by atoms with Gasteiger partial charge < -0.3 is 9.47 Å². The quantitative estimate of drug-likeness (QED) is 0.817. The first-order valence-electron chi connectivity index (χ1n) is 6.45. The van der Waals surface area contributed by atoms with Gasteiger partial charge in [-0.1, -0.05) is 6.07 Å². The maximum Gasteiger partial charge on any atom is 0.255 e. The van der Waals surface area contributed by atoms with E-state index < -0.39 is 0 Å². The van der Waals surface area contributed by atoms with Crippen LogP contribution in [0.25, 0.3) is 0 Å². The minimum atomic E-state index is -0.0261. The van der Waals surface area contributed by atoms with Crippen molar-refractivity contribution < 1.29 is 0 Å². The molecule has 1 unspecified atom stereocenters. The Morgan fingerprint density at radius 2 is 2.32 bits per heavy atom. The lowest BCUT2D eigenvalue weighted by molar-refractivity contribution is 0.700. The Morgan fingerprint density at radius 3 is 3.05 bits per heavy atom. The molecule has 0 amide bonds. The lowest BCUT2D eigenvalue weighted by atomic mass is 10.1. The summed E-state index contributed by atoms with van der Waals surface area (Å²) in [6.07, 6.45) is 7.43. The van der Waals surface area contributed by atoms with Crippen LogP contribution >= 0.6 is 0 Å². The summed E-state index contributed by atoms with van der Waals surface area (Å²) in [6.45, 7) is 0.930. The van der Waals surface area contributed by atoms with Gasteiger partial charge in [-0.3, -0.25) is 9.78 Å². The molecule has 3 rings (SSSR count). The van der Waals surface area contributed by atoms with Gasteiger partial charge >= 0.3 is 0 Å². The van der Waals surface area contributed by atoms with Crippen LogP contribution in [0.2, 0.25) is 0 Å². The second-order valence-corrected chi connectivity index (χ2v) is 4.83. The molecule has 19 heavy (non-hydrogen) atoms. The van der Waals surface area contributed by atoms with E-state index in [0.717, 1.165) is 25.2 Å². The van der Waals surface area contributed by atoms with Gasteiger partial charge in [-0.15, -0.1) is 0 Å². The van der Waals surface area contributed by atoms with Crippen LogP contribution in [0, 0.1) is 0 Å². The molecule has 0 aromatic carbocycles. The van der Waals surface area contributed by atoms with Crippen molar-refractivity contribution in [2.75, 3.05) is 11.4 Å². The topological polar surface area (TPSA) is 51.0 Å². The van der Waals surface area contributed by atoms with Crippen molar-refractivity contribution in [2.45, 2.75) is 18.9 Å². The van der Waals surface area contributed by atoms with Gasteiger partial charge in [-0.25, -0.2) is 4.98 Å². The van der Waals surface area contributed by atoms with Crippen LogP contribution in [0.1, 0.15) is 24.4 Å². The van der Waals surface area contributed by atoms with Crippen LogP contribution in [0.4, 0.5) is 5.82 Å². The lowest BCUT2D eigenvalue weighted by Gasteiger charge is -2.25. The summed E-state index contributed by atoms with van der Waals surface area (Å²) in [5, 5.41) is 0. The second-order valence-electron chi connectivity index (χ2n) is 4.83. The van der Waals surface area contributed by atoms with Gasteiger partial charge in [-0.2, -0.15) is 0 Å². The van der Waals surface area contributed by atoms with Crippen molar-refractivity contribution in [1.29, 1.82) is 0 Å². The highest BCUT2D eigenvalue weighted by Crippen LogP contribution is 2.34. The number of anilines is 1. The van der Waals surface area contributed by atoms with Crippen molar-refractivity contribution in [2.24, 2.45) is 7.05 Å². The summed E-state index contributed by atoms with van der Waals surface area (Å²) in [5.41, 5.74) is 1.16. The second kappa shape index (κ2) is 4.84. The predicted molar refractivity (Wildman–Crippen MR) is 73.0 cm³/mol. The summed E-state index contributed by atoms with van der Waals surface area (Å²) in [5.74, 6) is 0.759. The van der Waals surface area contributed by atoms with Gasteiger partial charge in [0.15, 0.2) is 0 Å². The first-order valence-corrected chi connectivity index (χ1v) is 6.45. The smallest absolute Gasteiger partial charge is 0.255 e. The molecule has 0 saturated carbocycles. The zero-order valence-electron chi connectivity index (χ0n) is 10.9. The van der Waals surface area contributed by atoms with Crippen molar-refractivity contribution in [3.63, 3.8) is 0 Å². The Labute approximate surface area is 111 Å². The molecule has 0 bridgehead atoms. The van der Waals surface area contributed by atoms with Crippen LogP contribution in [-0.2, 0) is 7.05 Å². The number of pyridine rings is 1. The number of rotatable bonds is 2. The Bertz CT molecular complexity index is 623. The maximum absolute atomic E-state index is 11.7. The van der Waals surface area contributed by atoms with Gasteiger partial charge in [0.2, 0.25) is 0 Å². The van der Waals surface area contributed by atoms with E-state index in [2.05, 4.69) is 20.9 Å². The fourth-order valence-electron chi connectivity index (χ4n) is 2.57. The van der Waals surface area contributed by atoms with E-state index in [-0.39, 0.29) is 11.6 Å². The van der Waals surface area contributed by atoms with E-state index in [9.17, 15) is 4.79 Å². The van der Waals surface area contributed by atoms with E-state index in [1.165, 1.54) is 10.1 Å². The molecule has 0 N–H and O–H groups in total. The Kier molecular flexibility index (Phi) is 3.03. The van der Waals surface area contributed by atoms with E-state index in [4.69, 9.17) is 0 Å². The molecule has 3 heterocycles. The lowest BCUT2D eigenvalue weighted by Crippen LogP contribution is -2.26. The van der Waals surface area contributed by atoms with Gasteiger partial charge in [0, 0.05) is 32.1 Å². The molecular formula is C14H16N4O. The summed E-state index contributed by atoms with van der Waals surface area (Å²) in [7, 11) is 1.71. The van der Waals surface area contributed by atoms with E-state index in [0.29, 0.717) is 0 Å². The molecule has 0 radical (unpaired) electrons. The average Bonchev–Trinajstić information content (AvgIpc) is 2.92. The van der Waals surface area contributed by atoms with Crippen molar-refractivity contribution >= 4 is 5.82 Å². The third-order valence-electron chi connectivity index (χ3n) is 3.58. The zero-order chi connectivity index (χ0) is 13.2. The van der Waals surface area contributed by atoms with Gasteiger partial charge in [0.1, 0.15) is 5.82 Å².